The number of anilines is 1. The van der Waals surface area contributed by atoms with Gasteiger partial charge >= 0.3 is 5.17 Å². The van der Waals surface area contributed by atoms with Crippen LogP contribution in [0.15, 0.2) is 58.4 Å². The largest absolute Gasteiger partial charge is 0.497 e. The summed E-state index contributed by atoms with van der Waals surface area (Å²) in [5.41, 5.74) is 4.46. The second kappa shape index (κ2) is 8.84. The fraction of sp³-hybridized carbons (Fsp3) is 0.304. The number of morpholine rings is 1. The molecule has 0 amide bonds. The Kier molecular flexibility index (Phi) is 6.02. The van der Waals surface area contributed by atoms with Gasteiger partial charge in [0.1, 0.15) is 18.8 Å². The molecule has 0 aliphatic carbocycles. The van der Waals surface area contributed by atoms with Gasteiger partial charge in [0.15, 0.2) is 5.71 Å². The van der Waals surface area contributed by atoms with Crippen molar-refractivity contribution in [1.82, 2.24) is 0 Å². The molecule has 0 unspecified atom stereocenters. The van der Waals surface area contributed by atoms with Gasteiger partial charge in [-0.2, -0.15) is 0 Å². The van der Waals surface area contributed by atoms with Crippen LogP contribution < -0.4 is 9.64 Å². The van der Waals surface area contributed by atoms with E-state index in [1.54, 1.807) is 18.9 Å². The van der Waals surface area contributed by atoms with Crippen molar-refractivity contribution in [2.75, 3.05) is 52.4 Å². The summed E-state index contributed by atoms with van der Waals surface area (Å²) < 4.78 is 13.1. The molecular weight excluding hydrogens is 382 g/mol. The van der Waals surface area contributed by atoms with Crippen LogP contribution in [0, 0.1) is 0 Å². The molecule has 2 heterocycles. The monoisotopic (exact) mass is 408 g/mol. The smallest absolute Gasteiger partial charge is 0.360 e. The number of allylic oxidation sites excluding steroid dienone is 1. The number of rotatable bonds is 4. The zero-order chi connectivity index (χ0) is 20.2. The molecule has 0 spiro atoms. The Morgan fingerprint density at radius 1 is 1.03 bits per heavy atom. The summed E-state index contributed by atoms with van der Waals surface area (Å²) in [4.78, 5) is 8.28. The molecule has 5 nitrogen and oxygen atoms in total. The molecule has 2 aromatic carbocycles. The van der Waals surface area contributed by atoms with Gasteiger partial charge in [-0.15, -0.1) is 0 Å². The highest BCUT2D eigenvalue weighted by atomic mass is 32.2. The van der Waals surface area contributed by atoms with E-state index in [1.807, 2.05) is 12.1 Å². The molecule has 4 rings (SSSR count). The van der Waals surface area contributed by atoms with E-state index in [4.69, 9.17) is 14.5 Å². The first-order valence-corrected chi connectivity index (χ1v) is 10.6. The molecule has 150 valence electrons. The van der Waals surface area contributed by atoms with E-state index in [1.165, 1.54) is 11.3 Å². The van der Waals surface area contributed by atoms with Crippen molar-refractivity contribution in [2.24, 2.45) is 4.99 Å². The van der Waals surface area contributed by atoms with Crippen LogP contribution in [0.3, 0.4) is 0 Å². The number of ether oxygens (including phenoxy) is 2. The summed E-state index contributed by atoms with van der Waals surface area (Å²) in [6.07, 6.45) is 2.22. The minimum Gasteiger partial charge on any atom is -0.497 e. The normalized spacial score (nSPS) is 18.2. The number of hydrogen-bond acceptors (Lipinski definition) is 4. The second-order valence-electron chi connectivity index (χ2n) is 7.17. The van der Waals surface area contributed by atoms with Crippen molar-refractivity contribution in [3.63, 3.8) is 0 Å². The van der Waals surface area contributed by atoms with Gasteiger partial charge < -0.3 is 14.4 Å². The van der Waals surface area contributed by atoms with E-state index in [0.29, 0.717) is 0 Å². The van der Waals surface area contributed by atoms with Gasteiger partial charge in [-0.1, -0.05) is 12.1 Å². The predicted octanol–water partition coefficient (Wildman–Crippen LogP) is 3.74. The molecule has 0 N–H and O–H groups in total. The maximum absolute atomic E-state index is 5.50. The molecule has 1 saturated heterocycles. The highest BCUT2D eigenvalue weighted by Crippen LogP contribution is 2.33. The number of benzene rings is 2. The molecule has 0 saturated carbocycles. The Morgan fingerprint density at radius 2 is 1.72 bits per heavy atom. The predicted molar refractivity (Wildman–Crippen MR) is 122 cm³/mol. The first-order chi connectivity index (χ1) is 14.1. The van der Waals surface area contributed by atoms with Crippen LogP contribution in [0.4, 0.5) is 5.69 Å². The Morgan fingerprint density at radius 3 is 2.34 bits per heavy atom. The molecule has 0 atom stereocenters. The third-order valence-corrected chi connectivity index (χ3v) is 6.06. The van der Waals surface area contributed by atoms with Crippen molar-refractivity contribution < 1.29 is 14.0 Å². The number of hydrogen-bond donors (Lipinski definition) is 0. The van der Waals surface area contributed by atoms with Crippen molar-refractivity contribution in [1.29, 1.82) is 0 Å². The van der Waals surface area contributed by atoms with Crippen LogP contribution in [0.5, 0.6) is 5.75 Å². The average molecular weight is 409 g/mol. The molecule has 2 aliphatic heterocycles. The van der Waals surface area contributed by atoms with Crippen LogP contribution in [0.1, 0.15) is 11.1 Å². The molecule has 0 bridgehead atoms. The van der Waals surface area contributed by atoms with E-state index < -0.39 is 0 Å². The van der Waals surface area contributed by atoms with E-state index in [9.17, 15) is 0 Å². The first kappa shape index (κ1) is 19.7. The number of nitrogens with zero attached hydrogens (tertiary/aromatic N) is 3. The molecular formula is C23H26N3O2S+. The molecule has 0 radical (unpaired) electrons. The number of amidine groups is 1. The standard InChI is InChI=1S/C23H26N3O2S/c1-25(2)19-8-4-17(5-9-19)16-21-22(18-6-10-20(27-3)11-7-18)24-23(29-21)26-12-14-28-15-13-26/h4-11,16H,12-15H2,1-3H3/q+1. The SMILES string of the molecule is COc1ccc(C2=NC(=[N+]3CCOCC3)S/C2=C/c2ccc(N(C)C)cc2)cc1. The van der Waals surface area contributed by atoms with Crippen LogP contribution in [-0.4, -0.2) is 63.0 Å². The zero-order valence-corrected chi connectivity index (χ0v) is 17.9. The fourth-order valence-electron chi connectivity index (χ4n) is 3.28. The van der Waals surface area contributed by atoms with Crippen molar-refractivity contribution in [3.05, 3.63) is 64.6 Å². The third-order valence-electron chi connectivity index (χ3n) is 4.99. The van der Waals surface area contributed by atoms with Crippen LogP contribution in [0.2, 0.25) is 0 Å². The molecule has 1 fully saturated rings. The van der Waals surface area contributed by atoms with Gasteiger partial charge in [0.05, 0.1) is 25.2 Å². The summed E-state index contributed by atoms with van der Waals surface area (Å²) in [5, 5.41) is 1.05. The Balaban J connectivity index is 1.71. The number of thioether (sulfide) groups is 1. The van der Waals surface area contributed by atoms with Crippen molar-refractivity contribution >= 4 is 34.4 Å². The Hall–Kier alpha value is -2.57. The lowest BCUT2D eigenvalue weighted by atomic mass is 10.1. The van der Waals surface area contributed by atoms with Crippen LogP contribution >= 0.6 is 11.8 Å². The summed E-state index contributed by atoms with van der Waals surface area (Å²) in [6.45, 7) is 3.27. The van der Waals surface area contributed by atoms with Gasteiger partial charge in [-0.25, -0.2) is 4.58 Å². The lowest BCUT2D eigenvalue weighted by Gasteiger charge is -2.13. The van der Waals surface area contributed by atoms with E-state index in [0.717, 1.165) is 53.4 Å². The van der Waals surface area contributed by atoms with Crippen molar-refractivity contribution in [2.45, 2.75) is 0 Å². The first-order valence-electron chi connectivity index (χ1n) is 9.74. The minimum atomic E-state index is 0.752. The lowest BCUT2D eigenvalue weighted by molar-refractivity contribution is -0.547. The highest BCUT2D eigenvalue weighted by molar-refractivity contribution is 8.18. The molecule has 2 aliphatic rings. The zero-order valence-electron chi connectivity index (χ0n) is 17.1. The summed E-state index contributed by atoms with van der Waals surface area (Å²) in [6, 6.07) is 16.7. The topological polar surface area (TPSA) is 37.1 Å². The van der Waals surface area contributed by atoms with Crippen molar-refractivity contribution in [3.8, 4) is 5.75 Å². The minimum absolute atomic E-state index is 0.752. The van der Waals surface area contributed by atoms with Crippen LogP contribution in [-0.2, 0) is 4.74 Å². The average Bonchev–Trinajstić information content (AvgIpc) is 3.18. The van der Waals surface area contributed by atoms with Crippen LogP contribution in [0.25, 0.3) is 6.08 Å². The van der Waals surface area contributed by atoms with Gasteiger partial charge in [0.2, 0.25) is 0 Å². The van der Waals surface area contributed by atoms with E-state index in [2.05, 4.69) is 66.0 Å². The number of aliphatic imine (C=N–C) groups is 1. The van der Waals surface area contributed by atoms with Gasteiger partial charge in [-0.05, 0) is 53.0 Å². The van der Waals surface area contributed by atoms with E-state index in [-0.39, 0.29) is 0 Å². The molecule has 29 heavy (non-hydrogen) atoms. The summed E-state index contributed by atoms with van der Waals surface area (Å²) in [5.74, 6) is 0.849. The summed E-state index contributed by atoms with van der Waals surface area (Å²) in [7, 11) is 5.79. The maximum Gasteiger partial charge on any atom is 0.360 e. The highest BCUT2D eigenvalue weighted by Gasteiger charge is 2.32. The molecule has 2 aromatic rings. The van der Waals surface area contributed by atoms with E-state index >= 15 is 0 Å². The quantitative estimate of drug-likeness (QED) is 0.723. The Labute approximate surface area is 176 Å². The summed E-state index contributed by atoms with van der Waals surface area (Å²) >= 11 is 1.74. The maximum atomic E-state index is 5.50. The fourth-order valence-corrected chi connectivity index (χ4v) is 4.38. The molecule has 6 heteroatoms. The van der Waals surface area contributed by atoms with Gasteiger partial charge in [0.25, 0.3) is 0 Å². The van der Waals surface area contributed by atoms with Gasteiger partial charge in [-0.3, -0.25) is 0 Å². The lowest BCUT2D eigenvalue weighted by Crippen LogP contribution is -2.31. The number of methoxy groups -OCH3 is 1. The third kappa shape index (κ3) is 4.54. The van der Waals surface area contributed by atoms with Gasteiger partial charge in [0, 0.05) is 37.1 Å². The second-order valence-corrected chi connectivity index (χ2v) is 8.18. The Bertz CT molecular complexity index is 953. The molecule has 0 aromatic heterocycles.